The molecule has 6 nitrogen and oxygen atoms in total. The summed E-state index contributed by atoms with van der Waals surface area (Å²) < 4.78 is 10.3. The number of carbonyl (C=O) groups excluding carboxylic acids is 1. The standard InChI is InChI=1S/C17H25N3O3/c1-5-16(21)20(6-2)12-8-7-9-13(18)17-14(22-3)10-11-15(19-17)23-4/h5,10-11,18H,1,6-9,12H2,2-4H3. The Hall–Kier alpha value is -2.37. The lowest BCUT2D eigenvalue weighted by Gasteiger charge is -2.18. The summed E-state index contributed by atoms with van der Waals surface area (Å²) in [5.41, 5.74) is 0.903. The van der Waals surface area contributed by atoms with E-state index >= 15 is 0 Å². The molecule has 1 aromatic heterocycles. The Morgan fingerprint density at radius 3 is 2.65 bits per heavy atom. The topological polar surface area (TPSA) is 75.5 Å². The van der Waals surface area contributed by atoms with Gasteiger partial charge in [-0.25, -0.2) is 4.98 Å². The lowest BCUT2D eigenvalue weighted by Crippen LogP contribution is -2.30. The van der Waals surface area contributed by atoms with Gasteiger partial charge in [-0.3, -0.25) is 4.79 Å². The highest BCUT2D eigenvalue weighted by Crippen LogP contribution is 2.22. The third-order valence-corrected chi connectivity index (χ3v) is 3.52. The largest absolute Gasteiger partial charge is 0.494 e. The van der Waals surface area contributed by atoms with E-state index in [4.69, 9.17) is 14.9 Å². The van der Waals surface area contributed by atoms with Crippen LogP contribution in [-0.4, -0.2) is 48.8 Å². The zero-order valence-electron chi connectivity index (χ0n) is 14.1. The molecule has 1 amide bonds. The minimum Gasteiger partial charge on any atom is -0.494 e. The summed E-state index contributed by atoms with van der Waals surface area (Å²) in [6, 6.07) is 3.45. The molecule has 0 unspecified atom stereocenters. The lowest BCUT2D eigenvalue weighted by atomic mass is 10.1. The summed E-state index contributed by atoms with van der Waals surface area (Å²) in [4.78, 5) is 17.6. The van der Waals surface area contributed by atoms with Crippen LogP contribution in [0.4, 0.5) is 0 Å². The predicted molar refractivity (Wildman–Crippen MR) is 90.5 cm³/mol. The van der Waals surface area contributed by atoms with E-state index in [-0.39, 0.29) is 5.91 Å². The van der Waals surface area contributed by atoms with Crippen molar-refractivity contribution in [2.24, 2.45) is 0 Å². The fourth-order valence-electron chi connectivity index (χ4n) is 2.20. The minimum atomic E-state index is -0.0568. The molecule has 0 aliphatic rings. The van der Waals surface area contributed by atoms with Gasteiger partial charge in [-0.15, -0.1) is 0 Å². The number of nitrogens with one attached hydrogen (secondary N) is 1. The quantitative estimate of drug-likeness (QED) is 0.409. The molecular formula is C17H25N3O3. The number of amides is 1. The SMILES string of the molecule is C=CC(=O)N(CC)CCCCC(=N)c1nc(OC)ccc1OC. The van der Waals surface area contributed by atoms with E-state index in [1.54, 1.807) is 24.1 Å². The van der Waals surface area contributed by atoms with Gasteiger partial charge in [-0.1, -0.05) is 6.58 Å². The summed E-state index contributed by atoms with van der Waals surface area (Å²) in [6.45, 7) is 6.76. The van der Waals surface area contributed by atoms with Crippen LogP contribution in [0.25, 0.3) is 0 Å². The van der Waals surface area contributed by atoms with E-state index in [1.807, 2.05) is 6.92 Å². The highest BCUT2D eigenvalue weighted by molar-refractivity contribution is 5.98. The number of carbonyl (C=O) groups is 1. The van der Waals surface area contributed by atoms with Gasteiger partial charge in [0, 0.05) is 19.2 Å². The highest BCUT2D eigenvalue weighted by atomic mass is 16.5. The van der Waals surface area contributed by atoms with Gasteiger partial charge in [0.05, 0.1) is 19.9 Å². The second kappa shape index (κ2) is 9.61. The first-order chi connectivity index (χ1) is 11.1. The molecule has 0 aliphatic heterocycles. The van der Waals surface area contributed by atoms with Gasteiger partial charge < -0.3 is 19.8 Å². The summed E-state index contributed by atoms with van der Waals surface area (Å²) in [5.74, 6) is 0.964. The number of aromatic nitrogens is 1. The zero-order chi connectivity index (χ0) is 17.2. The third-order valence-electron chi connectivity index (χ3n) is 3.52. The van der Waals surface area contributed by atoms with Crippen LogP contribution >= 0.6 is 0 Å². The molecule has 1 rings (SSSR count). The van der Waals surface area contributed by atoms with Crippen molar-refractivity contribution < 1.29 is 14.3 Å². The predicted octanol–water partition coefficient (Wildman–Crippen LogP) is 2.67. The Kier molecular flexibility index (Phi) is 7.80. The van der Waals surface area contributed by atoms with Gasteiger partial charge in [0.1, 0.15) is 11.4 Å². The van der Waals surface area contributed by atoms with E-state index in [1.165, 1.54) is 13.2 Å². The van der Waals surface area contributed by atoms with Gasteiger partial charge in [-0.05, 0) is 38.3 Å². The molecule has 0 saturated heterocycles. The molecule has 126 valence electrons. The highest BCUT2D eigenvalue weighted by Gasteiger charge is 2.13. The van der Waals surface area contributed by atoms with Gasteiger partial charge in [0.15, 0.2) is 0 Å². The molecule has 1 heterocycles. The number of likely N-dealkylation sites (N-methyl/N-ethyl adjacent to an activating group) is 1. The number of hydrogen-bond acceptors (Lipinski definition) is 5. The van der Waals surface area contributed by atoms with E-state index in [2.05, 4.69) is 11.6 Å². The lowest BCUT2D eigenvalue weighted by molar-refractivity contribution is -0.125. The van der Waals surface area contributed by atoms with Crippen LogP contribution in [0.3, 0.4) is 0 Å². The number of rotatable bonds is 10. The van der Waals surface area contributed by atoms with Crippen LogP contribution in [0, 0.1) is 5.41 Å². The van der Waals surface area contributed by atoms with Gasteiger partial charge >= 0.3 is 0 Å². The van der Waals surface area contributed by atoms with Crippen molar-refractivity contribution in [3.8, 4) is 11.6 Å². The average Bonchev–Trinajstić information content (AvgIpc) is 2.60. The molecule has 0 atom stereocenters. The van der Waals surface area contributed by atoms with Gasteiger partial charge in [0.25, 0.3) is 0 Å². The van der Waals surface area contributed by atoms with E-state index in [0.29, 0.717) is 42.5 Å². The monoisotopic (exact) mass is 319 g/mol. The van der Waals surface area contributed by atoms with Crippen molar-refractivity contribution in [3.05, 3.63) is 30.5 Å². The van der Waals surface area contributed by atoms with Crippen LogP contribution < -0.4 is 9.47 Å². The van der Waals surface area contributed by atoms with E-state index in [9.17, 15) is 4.79 Å². The van der Waals surface area contributed by atoms with Crippen molar-refractivity contribution in [2.45, 2.75) is 26.2 Å². The maximum atomic E-state index is 11.6. The summed E-state index contributed by atoms with van der Waals surface area (Å²) in [7, 11) is 3.10. The third kappa shape index (κ3) is 5.39. The Bertz CT molecular complexity index is 558. The first kappa shape index (κ1) is 18.7. The maximum absolute atomic E-state index is 11.6. The second-order valence-corrected chi connectivity index (χ2v) is 4.96. The van der Waals surface area contributed by atoms with E-state index in [0.717, 1.165) is 12.8 Å². The summed E-state index contributed by atoms with van der Waals surface area (Å²) in [5, 5.41) is 8.20. The van der Waals surface area contributed by atoms with Crippen molar-refractivity contribution in [1.29, 1.82) is 5.41 Å². The fraction of sp³-hybridized carbons (Fsp3) is 0.471. The molecule has 23 heavy (non-hydrogen) atoms. The molecule has 0 bridgehead atoms. The number of ether oxygens (including phenoxy) is 2. The normalized spacial score (nSPS) is 10.0. The van der Waals surface area contributed by atoms with Crippen LogP contribution in [0.5, 0.6) is 11.6 Å². The Morgan fingerprint density at radius 2 is 2.09 bits per heavy atom. The molecule has 6 heteroatoms. The van der Waals surface area contributed by atoms with Crippen molar-refractivity contribution in [3.63, 3.8) is 0 Å². The molecule has 0 aromatic carbocycles. The van der Waals surface area contributed by atoms with Gasteiger partial charge in [-0.2, -0.15) is 0 Å². The molecule has 0 aliphatic carbocycles. The number of nitrogens with zero attached hydrogens (tertiary/aromatic N) is 2. The Labute approximate surface area is 137 Å². The van der Waals surface area contributed by atoms with Crippen LogP contribution in [0.2, 0.25) is 0 Å². The fourth-order valence-corrected chi connectivity index (χ4v) is 2.20. The molecule has 0 radical (unpaired) electrons. The van der Waals surface area contributed by atoms with Crippen molar-refractivity contribution in [2.75, 3.05) is 27.3 Å². The van der Waals surface area contributed by atoms with Crippen molar-refractivity contribution >= 4 is 11.6 Å². The van der Waals surface area contributed by atoms with Gasteiger partial charge in [0.2, 0.25) is 11.8 Å². The number of unbranched alkanes of at least 4 members (excludes halogenated alkanes) is 1. The Balaban J connectivity index is 2.57. The summed E-state index contributed by atoms with van der Waals surface area (Å²) in [6.07, 6.45) is 3.51. The molecule has 0 saturated carbocycles. The molecular weight excluding hydrogens is 294 g/mol. The number of pyridine rings is 1. The molecule has 0 spiro atoms. The average molecular weight is 319 g/mol. The Morgan fingerprint density at radius 1 is 1.35 bits per heavy atom. The maximum Gasteiger partial charge on any atom is 0.245 e. The van der Waals surface area contributed by atoms with E-state index < -0.39 is 0 Å². The van der Waals surface area contributed by atoms with Crippen LogP contribution in [0.15, 0.2) is 24.8 Å². The zero-order valence-corrected chi connectivity index (χ0v) is 14.1. The molecule has 1 N–H and O–H groups in total. The van der Waals surface area contributed by atoms with Crippen LogP contribution in [-0.2, 0) is 4.79 Å². The molecule has 0 fully saturated rings. The molecule has 1 aromatic rings. The summed E-state index contributed by atoms with van der Waals surface area (Å²) >= 11 is 0. The van der Waals surface area contributed by atoms with Crippen molar-refractivity contribution in [1.82, 2.24) is 9.88 Å². The van der Waals surface area contributed by atoms with Crippen LogP contribution in [0.1, 0.15) is 31.9 Å². The first-order valence-corrected chi connectivity index (χ1v) is 7.65. The second-order valence-electron chi connectivity index (χ2n) is 4.96. The minimum absolute atomic E-state index is 0.0568. The number of methoxy groups -OCH3 is 2. The first-order valence-electron chi connectivity index (χ1n) is 7.65. The number of hydrogen-bond donors (Lipinski definition) is 1. The smallest absolute Gasteiger partial charge is 0.245 e.